The highest BCUT2D eigenvalue weighted by atomic mass is 16.7. The predicted molar refractivity (Wildman–Crippen MR) is 35.4 cm³/mol. The average molecular weight is 142 g/mol. The maximum atomic E-state index is 10.4. The molecule has 0 aromatic carbocycles. The molecule has 4 nitrogen and oxygen atoms in total. The first kappa shape index (κ1) is 6.92. The van der Waals surface area contributed by atoms with Gasteiger partial charge in [-0.25, -0.2) is 0 Å². The van der Waals surface area contributed by atoms with E-state index in [9.17, 15) is 4.79 Å². The molecule has 0 saturated carbocycles. The van der Waals surface area contributed by atoms with E-state index in [0.29, 0.717) is 6.67 Å². The summed E-state index contributed by atoms with van der Waals surface area (Å²) in [5.41, 5.74) is 0. The molecule has 0 fully saturated rings. The van der Waals surface area contributed by atoms with E-state index >= 15 is 0 Å². The van der Waals surface area contributed by atoms with Gasteiger partial charge in [-0.3, -0.25) is 4.79 Å². The van der Waals surface area contributed by atoms with Gasteiger partial charge in [0, 0.05) is 20.2 Å². The molecule has 0 bridgehead atoms. The Morgan fingerprint density at radius 2 is 2.30 bits per heavy atom. The zero-order valence-electron chi connectivity index (χ0n) is 6.07. The highest BCUT2D eigenvalue weighted by Gasteiger charge is 2.09. The summed E-state index contributed by atoms with van der Waals surface area (Å²) >= 11 is 0. The van der Waals surface area contributed by atoms with E-state index in [-0.39, 0.29) is 5.97 Å². The van der Waals surface area contributed by atoms with Gasteiger partial charge in [-0.05, 0) is 0 Å². The van der Waals surface area contributed by atoms with Crippen LogP contribution >= 0.6 is 0 Å². The Kier molecular flexibility index (Phi) is 1.80. The largest absolute Gasteiger partial charge is 0.359 e. The predicted octanol–water partition coefficient (Wildman–Crippen LogP) is 0.141. The topological polar surface area (TPSA) is 32.8 Å². The Morgan fingerprint density at radius 1 is 1.60 bits per heavy atom. The SMILES string of the molecule is CC(=O)ON1C=CN(C)C1. The van der Waals surface area contributed by atoms with Gasteiger partial charge in [0.15, 0.2) is 0 Å². The number of hydroxylamine groups is 2. The lowest BCUT2D eigenvalue weighted by Gasteiger charge is -2.15. The zero-order chi connectivity index (χ0) is 7.56. The summed E-state index contributed by atoms with van der Waals surface area (Å²) in [5.74, 6) is -0.292. The molecule has 1 heterocycles. The molecular formula is C6H10N2O2. The first-order chi connectivity index (χ1) is 4.68. The van der Waals surface area contributed by atoms with Crippen molar-refractivity contribution in [1.29, 1.82) is 0 Å². The second-order valence-corrected chi connectivity index (χ2v) is 2.20. The number of hydrogen-bond acceptors (Lipinski definition) is 4. The summed E-state index contributed by atoms with van der Waals surface area (Å²) in [6, 6.07) is 0. The van der Waals surface area contributed by atoms with E-state index in [1.807, 2.05) is 18.1 Å². The smallest absolute Gasteiger partial charge is 0.329 e. The van der Waals surface area contributed by atoms with Gasteiger partial charge >= 0.3 is 5.97 Å². The quantitative estimate of drug-likeness (QED) is 0.521. The summed E-state index contributed by atoms with van der Waals surface area (Å²) < 4.78 is 0. The Hall–Kier alpha value is -1.19. The van der Waals surface area contributed by atoms with Gasteiger partial charge in [0.25, 0.3) is 0 Å². The minimum Gasteiger partial charge on any atom is -0.359 e. The maximum Gasteiger partial charge on any atom is 0.329 e. The van der Waals surface area contributed by atoms with E-state index in [0.717, 1.165) is 0 Å². The normalized spacial score (nSPS) is 16.2. The molecule has 0 aromatic heterocycles. The van der Waals surface area contributed by atoms with Crippen LogP contribution in [0.3, 0.4) is 0 Å². The third kappa shape index (κ3) is 1.65. The molecule has 56 valence electrons. The molecule has 1 aliphatic heterocycles. The van der Waals surface area contributed by atoms with E-state index < -0.39 is 0 Å². The van der Waals surface area contributed by atoms with Crippen molar-refractivity contribution < 1.29 is 9.63 Å². The summed E-state index contributed by atoms with van der Waals surface area (Å²) in [6.45, 7) is 1.99. The van der Waals surface area contributed by atoms with Crippen LogP contribution in [0.4, 0.5) is 0 Å². The van der Waals surface area contributed by atoms with Crippen LogP contribution in [0.2, 0.25) is 0 Å². The Balaban J connectivity index is 2.33. The minimum absolute atomic E-state index is 0.292. The van der Waals surface area contributed by atoms with Crippen molar-refractivity contribution in [2.24, 2.45) is 0 Å². The average Bonchev–Trinajstić information content (AvgIpc) is 2.13. The molecule has 0 saturated heterocycles. The van der Waals surface area contributed by atoms with E-state index in [1.165, 1.54) is 12.0 Å². The van der Waals surface area contributed by atoms with Crippen LogP contribution in [0, 0.1) is 0 Å². The fourth-order valence-electron chi connectivity index (χ4n) is 0.727. The van der Waals surface area contributed by atoms with Crippen molar-refractivity contribution in [1.82, 2.24) is 9.96 Å². The molecule has 0 amide bonds. The van der Waals surface area contributed by atoms with Gasteiger partial charge in [0.2, 0.25) is 0 Å². The Bertz CT molecular complexity index is 167. The van der Waals surface area contributed by atoms with Gasteiger partial charge in [-0.15, -0.1) is 0 Å². The highest BCUT2D eigenvalue weighted by Crippen LogP contribution is 2.03. The van der Waals surface area contributed by atoms with Crippen LogP contribution in [0.15, 0.2) is 12.4 Å². The van der Waals surface area contributed by atoms with Crippen LogP contribution in [0.25, 0.3) is 0 Å². The molecular weight excluding hydrogens is 132 g/mol. The maximum absolute atomic E-state index is 10.4. The van der Waals surface area contributed by atoms with Crippen LogP contribution in [0.5, 0.6) is 0 Å². The van der Waals surface area contributed by atoms with Crippen molar-refractivity contribution >= 4 is 5.97 Å². The fraction of sp³-hybridized carbons (Fsp3) is 0.500. The lowest BCUT2D eigenvalue weighted by Crippen LogP contribution is -2.24. The summed E-state index contributed by atoms with van der Waals surface area (Å²) in [7, 11) is 1.90. The second kappa shape index (κ2) is 2.60. The van der Waals surface area contributed by atoms with Crippen LogP contribution < -0.4 is 0 Å². The first-order valence-corrected chi connectivity index (χ1v) is 3.02. The Morgan fingerprint density at radius 3 is 2.70 bits per heavy atom. The second-order valence-electron chi connectivity index (χ2n) is 2.20. The standard InChI is InChI=1S/C6H10N2O2/c1-6(9)10-8-4-3-7(2)5-8/h3-4H,5H2,1-2H3. The fourth-order valence-corrected chi connectivity index (χ4v) is 0.727. The van der Waals surface area contributed by atoms with Crippen LogP contribution in [0.1, 0.15) is 6.92 Å². The van der Waals surface area contributed by atoms with Gasteiger partial charge in [0.1, 0.15) is 6.67 Å². The third-order valence-electron chi connectivity index (χ3n) is 1.10. The lowest BCUT2D eigenvalue weighted by molar-refractivity contribution is -0.176. The number of carbonyl (C=O) groups is 1. The molecule has 4 heteroatoms. The molecule has 0 spiro atoms. The van der Waals surface area contributed by atoms with Gasteiger partial charge in [0.05, 0.1) is 6.20 Å². The molecule has 10 heavy (non-hydrogen) atoms. The molecule has 0 aliphatic carbocycles. The van der Waals surface area contributed by atoms with Gasteiger partial charge in [-0.2, -0.15) is 5.06 Å². The number of nitrogens with zero attached hydrogens (tertiary/aromatic N) is 2. The Labute approximate surface area is 59.6 Å². The molecule has 1 rings (SSSR count). The van der Waals surface area contributed by atoms with Crippen LogP contribution in [-0.2, 0) is 9.63 Å². The monoisotopic (exact) mass is 142 g/mol. The summed E-state index contributed by atoms with van der Waals surface area (Å²) in [5, 5.41) is 1.47. The van der Waals surface area contributed by atoms with Gasteiger partial charge in [-0.1, -0.05) is 0 Å². The van der Waals surface area contributed by atoms with Crippen molar-refractivity contribution in [3.8, 4) is 0 Å². The van der Waals surface area contributed by atoms with E-state index in [2.05, 4.69) is 0 Å². The molecule has 1 aliphatic rings. The first-order valence-electron chi connectivity index (χ1n) is 3.02. The van der Waals surface area contributed by atoms with E-state index in [1.54, 1.807) is 6.20 Å². The highest BCUT2D eigenvalue weighted by molar-refractivity contribution is 5.65. The minimum atomic E-state index is -0.292. The molecule has 0 aromatic rings. The lowest BCUT2D eigenvalue weighted by atomic mass is 10.8. The third-order valence-corrected chi connectivity index (χ3v) is 1.10. The van der Waals surface area contributed by atoms with Crippen LogP contribution in [-0.4, -0.2) is 29.6 Å². The van der Waals surface area contributed by atoms with Gasteiger partial charge < -0.3 is 9.74 Å². The van der Waals surface area contributed by atoms with E-state index in [4.69, 9.17) is 4.84 Å². The molecule has 0 radical (unpaired) electrons. The zero-order valence-corrected chi connectivity index (χ0v) is 6.07. The van der Waals surface area contributed by atoms with Crippen molar-refractivity contribution in [2.75, 3.05) is 13.7 Å². The molecule has 0 N–H and O–H groups in total. The number of hydrogen-bond donors (Lipinski definition) is 0. The molecule has 0 atom stereocenters. The van der Waals surface area contributed by atoms with Crippen molar-refractivity contribution in [3.63, 3.8) is 0 Å². The molecule has 0 unspecified atom stereocenters. The summed E-state index contributed by atoms with van der Waals surface area (Å²) in [6.07, 6.45) is 3.55. The summed E-state index contributed by atoms with van der Waals surface area (Å²) in [4.78, 5) is 17.0. The van der Waals surface area contributed by atoms with Crippen molar-refractivity contribution in [3.05, 3.63) is 12.4 Å². The number of rotatable bonds is 1. The van der Waals surface area contributed by atoms with Crippen molar-refractivity contribution in [2.45, 2.75) is 6.92 Å². The number of carbonyl (C=O) groups excluding carboxylic acids is 1.